The van der Waals surface area contributed by atoms with Gasteiger partial charge in [-0.15, -0.1) is 5.10 Å². The van der Waals surface area contributed by atoms with Crippen LogP contribution < -0.4 is 5.32 Å². The second kappa shape index (κ2) is 7.13. The van der Waals surface area contributed by atoms with Crippen LogP contribution in [0.3, 0.4) is 0 Å². The molecule has 6 heteroatoms. The van der Waals surface area contributed by atoms with Gasteiger partial charge in [-0.1, -0.05) is 48.5 Å². The van der Waals surface area contributed by atoms with Crippen molar-refractivity contribution in [2.45, 2.75) is 6.54 Å². The Bertz CT molecular complexity index is 796. The average molecular weight is 305 g/mol. The van der Waals surface area contributed by atoms with Crippen molar-refractivity contribution in [3.05, 3.63) is 78.1 Å². The number of benzene rings is 2. The number of amides is 1. The van der Waals surface area contributed by atoms with Crippen molar-refractivity contribution < 1.29 is 4.79 Å². The summed E-state index contributed by atoms with van der Waals surface area (Å²) in [5, 5.41) is 14.3. The zero-order chi connectivity index (χ0) is 15.9. The molecule has 3 rings (SSSR count). The van der Waals surface area contributed by atoms with E-state index >= 15 is 0 Å². The van der Waals surface area contributed by atoms with Crippen LogP contribution in [-0.2, 0) is 11.3 Å². The number of tetrazole rings is 1. The first-order valence-corrected chi connectivity index (χ1v) is 7.16. The summed E-state index contributed by atoms with van der Waals surface area (Å²) in [5.74, 6) is 0.370. The number of carbonyl (C=O) groups excluding carboxylic acids is 1. The zero-order valence-corrected chi connectivity index (χ0v) is 12.3. The van der Waals surface area contributed by atoms with Crippen LogP contribution in [0.15, 0.2) is 66.7 Å². The van der Waals surface area contributed by atoms with Crippen molar-refractivity contribution in [3.8, 4) is 5.69 Å². The van der Waals surface area contributed by atoms with Crippen molar-refractivity contribution in [1.29, 1.82) is 0 Å². The largest absolute Gasteiger partial charge is 0.345 e. The van der Waals surface area contributed by atoms with Crippen LogP contribution in [0, 0.1) is 0 Å². The molecule has 0 aliphatic carbocycles. The maximum Gasteiger partial charge on any atom is 0.244 e. The maximum atomic E-state index is 11.9. The van der Waals surface area contributed by atoms with Gasteiger partial charge in [0, 0.05) is 6.08 Å². The highest BCUT2D eigenvalue weighted by atomic mass is 16.1. The van der Waals surface area contributed by atoms with E-state index < -0.39 is 0 Å². The molecule has 1 aromatic heterocycles. The Morgan fingerprint density at radius 3 is 2.48 bits per heavy atom. The van der Waals surface area contributed by atoms with Crippen molar-refractivity contribution in [1.82, 2.24) is 25.5 Å². The topological polar surface area (TPSA) is 72.7 Å². The fraction of sp³-hybridized carbons (Fsp3) is 0.0588. The normalized spacial score (nSPS) is 10.8. The molecule has 0 bridgehead atoms. The Balaban J connectivity index is 1.62. The number of para-hydroxylation sites is 1. The molecule has 2 aromatic carbocycles. The van der Waals surface area contributed by atoms with Gasteiger partial charge in [-0.3, -0.25) is 4.79 Å². The van der Waals surface area contributed by atoms with E-state index in [9.17, 15) is 4.79 Å². The molecule has 0 atom stereocenters. The van der Waals surface area contributed by atoms with Gasteiger partial charge in [0.25, 0.3) is 0 Å². The number of hydrogen-bond donors (Lipinski definition) is 1. The monoisotopic (exact) mass is 305 g/mol. The van der Waals surface area contributed by atoms with Gasteiger partial charge in [-0.25, -0.2) is 0 Å². The molecular weight excluding hydrogens is 290 g/mol. The van der Waals surface area contributed by atoms with Crippen LogP contribution in [0.25, 0.3) is 11.8 Å². The molecule has 1 N–H and O–H groups in total. The van der Waals surface area contributed by atoms with Crippen molar-refractivity contribution >= 4 is 12.0 Å². The third kappa shape index (κ3) is 3.88. The fourth-order valence-corrected chi connectivity index (χ4v) is 2.05. The Morgan fingerprint density at radius 1 is 1.04 bits per heavy atom. The highest BCUT2D eigenvalue weighted by Crippen LogP contribution is 2.06. The number of carbonyl (C=O) groups is 1. The lowest BCUT2D eigenvalue weighted by Crippen LogP contribution is -2.22. The molecule has 0 saturated carbocycles. The lowest BCUT2D eigenvalue weighted by atomic mass is 10.2. The fourth-order valence-electron chi connectivity index (χ4n) is 2.05. The number of nitrogens with zero attached hydrogens (tertiary/aromatic N) is 4. The van der Waals surface area contributed by atoms with E-state index in [1.165, 1.54) is 6.08 Å². The molecule has 0 aliphatic rings. The Hall–Kier alpha value is -3.28. The van der Waals surface area contributed by atoms with Gasteiger partial charge in [0.2, 0.25) is 5.91 Å². The van der Waals surface area contributed by atoms with E-state index in [0.29, 0.717) is 5.82 Å². The van der Waals surface area contributed by atoms with Crippen LogP contribution in [0.4, 0.5) is 0 Å². The second-order valence-electron chi connectivity index (χ2n) is 4.80. The van der Waals surface area contributed by atoms with Gasteiger partial charge < -0.3 is 5.32 Å². The third-order valence-corrected chi connectivity index (χ3v) is 3.18. The SMILES string of the molecule is O=C(/C=C/c1ccccc1)NCc1nnnn1-c1ccccc1. The minimum Gasteiger partial charge on any atom is -0.345 e. The number of hydrogen-bond acceptors (Lipinski definition) is 4. The zero-order valence-electron chi connectivity index (χ0n) is 12.3. The molecule has 114 valence electrons. The second-order valence-corrected chi connectivity index (χ2v) is 4.80. The first-order chi connectivity index (χ1) is 11.3. The molecule has 6 nitrogen and oxygen atoms in total. The van der Waals surface area contributed by atoms with Crippen LogP contribution in [-0.4, -0.2) is 26.1 Å². The summed E-state index contributed by atoms with van der Waals surface area (Å²) in [6.07, 6.45) is 3.25. The molecule has 3 aromatic rings. The molecule has 0 aliphatic heterocycles. The quantitative estimate of drug-likeness (QED) is 0.732. The van der Waals surface area contributed by atoms with E-state index in [2.05, 4.69) is 20.8 Å². The van der Waals surface area contributed by atoms with E-state index in [1.54, 1.807) is 10.8 Å². The van der Waals surface area contributed by atoms with Gasteiger partial charge in [-0.05, 0) is 34.2 Å². The minimum atomic E-state index is -0.198. The van der Waals surface area contributed by atoms with Crippen molar-refractivity contribution in [2.24, 2.45) is 0 Å². The molecule has 0 unspecified atom stereocenters. The lowest BCUT2D eigenvalue weighted by Gasteiger charge is -2.04. The van der Waals surface area contributed by atoms with Crippen LogP contribution in [0.5, 0.6) is 0 Å². The van der Waals surface area contributed by atoms with Gasteiger partial charge in [0.15, 0.2) is 5.82 Å². The lowest BCUT2D eigenvalue weighted by molar-refractivity contribution is -0.116. The summed E-state index contributed by atoms with van der Waals surface area (Å²) in [4.78, 5) is 11.9. The van der Waals surface area contributed by atoms with Crippen LogP contribution in [0.2, 0.25) is 0 Å². The van der Waals surface area contributed by atoms with Gasteiger partial charge >= 0.3 is 0 Å². The predicted molar refractivity (Wildman–Crippen MR) is 86.5 cm³/mol. The Labute approximate surface area is 133 Å². The summed E-state index contributed by atoms with van der Waals surface area (Å²) in [7, 11) is 0. The third-order valence-electron chi connectivity index (χ3n) is 3.18. The minimum absolute atomic E-state index is 0.198. The van der Waals surface area contributed by atoms with Crippen molar-refractivity contribution in [3.63, 3.8) is 0 Å². The summed E-state index contributed by atoms with van der Waals surface area (Å²) in [5.41, 5.74) is 1.82. The highest BCUT2D eigenvalue weighted by Gasteiger charge is 2.08. The van der Waals surface area contributed by atoms with Gasteiger partial charge in [-0.2, -0.15) is 4.68 Å². The Morgan fingerprint density at radius 2 is 1.74 bits per heavy atom. The van der Waals surface area contributed by atoms with E-state index in [-0.39, 0.29) is 12.5 Å². The summed E-state index contributed by atoms with van der Waals surface area (Å²) in [6.45, 7) is 0.250. The number of nitrogens with one attached hydrogen (secondary N) is 1. The summed E-state index contributed by atoms with van der Waals surface area (Å²) in [6, 6.07) is 19.2. The smallest absolute Gasteiger partial charge is 0.244 e. The molecule has 0 saturated heterocycles. The van der Waals surface area contributed by atoms with Gasteiger partial charge in [0.05, 0.1) is 12.2 Å². The standard InChI is InChI=1S/C17H15N5O/c23-17(12-11-14-7-3-1-4-8-14)18-13-16-19-20-21-22(16)15-9-5-2-6-10-15/h1-12H,13H2,(H,18,23)/b12-11+. The molecular formula is C17H15N5O. The number of aromatic nitrogens is 4. The average Bonchev–Trinajstić information content (AvgIpc) is 3.08. The van der Waals surface area contributed by atoms with E-state index in [0.717, 1.165) is 11.3 Å². The molecule has 23 heavy (non-hydrogen) atoms. The highest BCUT2D eigenvalue weighted by molar-refractivity contribution is 5.91. The first kappa shape index (κ1) is 14.6. The Kier molecular flexibility index (Phi) is 4.54. The summed E-state index contributed by atoms with van der Waals surface area (Å²) >= 11 is 0. The maximum absolute atomic E-state index is 11.9. The predicted octanol–water partition coefficient (Wildman–Crippen LogP) is 1.99. The first-order valence-electron chi connectivity index (χ1n) is 7.16. The molecule has 1 heterocycles. The van der Waals surface area contributed by atoms with E-state index in [1.807, 2.05) is 60.7 Å². The number of rotatable bonds is 5. The molecule has 1 amide bonds. The summed E-state index contributed by atoms with van der Waals surface area (Å²) < 4.78 is 1.60. The van der Waals surface area contributed by atoms with Crippen LogP contribution in [0.1, 0.15) is 11.4 Å². The molecule has 0 spiro atoms. The van der Waals surface area contributed by atoms with Crippen molar-refractivity contribution in [2.75, 3.05) is 0 Å². The molecule has 0 fully saturated rings. The molecule has 0 radical (unpaired) electrons. The van der Waals surface area contributed by atoms with Crippen LogP contribution >= 0.6 is 0 Å². The van der Waals surface area contributed by atoms with Gasteiger partial charge in [0.1, 0.15) is 0 Å². The van der Waals surface area contributed by atoms with E-state index in [4.69, 9.17) is 0 Å².